The number of carbonyl (C=O) groups excluding carboxylic acids is 3. The summed E-state index contributed by atoms with van der Waals surface area (Å²) < 4.78 is 6.60. The largest absolute Gasteiger partial charge is 0.460 e. The second-order valence-electron chi connectivity index (χ2n) is 9.41. The molecule has 9 heteroatoms. The van der Waals surface area contributed by atoms with E-state index >= 15 is 0 Å². The molecule has 1 amide bonds. The number of ether oxygens (including phenoxy) is 1. The predicted octanol–water partition coefficient (Wildman–Crippen LogP) is 4.54. The smallest absolute Gasteiger partial charge is 0.381 e. The van der Waals surface area contributed by atoms with Crippen molar-refractivity contribution in [2.24, 2.45) is 5.92 Å². The van der Waals surface area contributed by atoms with Crippen LogP contribution >= 0.6 is 11.3 Å². The fraction of sp³-hybridized carbons (Fsp3) is 0.577. The molecule has 8 nitrogen and oxygen atoms in total. The third-order valence-corrected chi connectivity index (χ3v) is 7.69. The van der Waals surface area contributed by atoms with E-state index in [-0.39, 0.29) is 28.6 Å². The summed E-state index contributed by atoms with van der Waals surface area (Å²) >= 11 is 1.03. The number of aromatic nitrogens is 2. The molecule has 0 aliphatic heterocycles. The van der Waals surface area contributed by atoms with Crippen LogP contribution in [0.5, 0.6) is 0 Å². The van der Waals surface area contributed by atoms with Crippen molar-refractivity contribution in [2.75, 3.05) is 11.9 Å². The van der Waals surface area contributed by atoms with Crippen molar-refractivity contribution in [3.05, 3.63) is 44.3 Å². The number of esters is 1. The molecule has 0 unspecified atom stereocenters. The second kappa shape index (κ2) is 11.7. The maximum absolute atomic E-state index is 13.6. The number of nitrogens with zero attached hydrogens (tertiary/aromatic N) is 2. The van der Waals surface area contributed by atoms with Crippen molar-refractivity contribution in [1.82, 2.24) is 9.55 Å². The number of amides is 1. The van der Waals surface area contributed by atoms with E-state index in [4.69, 9.17) is 4.74 Å². The van der Waals surface area contributed by atoms with Crippen molar-refractivity contribution in [1.29, 1.82) is 0 Å². The lowest BCUT2D eigenvalue weighted by Crippen LogP contribution is -2.35. The van der Waals surface area contributed by atoms with Crippen LogP contribution < -0.4 is 10.9 Å². The van der Waals surface area contributed by atoms with Crippen LogP contribution in [0.4, 0.5) is 5.13 Å². The van der Waals surface area contributed by atoms with E-state index in [1.54, 1.807) is 13.0 Å². The van der Waals surface area contributed by atoms with Crippen molar-refractivity contribution in [2.45, 2.75) is 84.1 Å². The van der Waals surface area contributed by atoms with Crippen LogP contribution in [-0.2, 0) is 28.9 Å². The zero-order valence-corrected chi connectivity index (χ0v) is 21.1. The van der Waals surface area contributed by atoms with Gasteiger partial charge in [-0.05, 0) is 63.0 Å². The SMILES string of the molecule is CCOC(=O)C(=O)c1csc(NC(=O)c2cc3c(n(CC4CCCCC4)c2=O)CCCCCC3)n1. The zero-order chi connectivity index (χ0) is 24.8. The Hall–Kier alpha value is -2.81. The van der Waals surface area contributed by atoms with E-state index in [0.29, 0.717) is 12.5 Å². The Balaban J connectivity index is 1.61. The van der Waals surface area contributed by atoms with Crippen molar-refractivity contribution < 1.29 is 19.1 Å². The Labute approximate surface area is 209 Å². The number of anilines is 1. The van der Waals surface area contributed by atoms with Gasteiger partial charge in [0.15, 0.2) is 5.13 Å². The summed E-state index contributed by atoms with van der Waals surface area (Å²) in [5.74, 6) is -1.92. The Kier molecular flexibility index (Phi) is 8.49. The first-order valence-corrected chi connectivity index (χ1v) is 13.6. The normalized spacial score (nSPS) is 16.6. The highest BCUT2D eigenvalue weighted by Crippen LogP contribution is 2.27. The molecule has 188 valence electrons. The van der Waals surface area contributed by atoms with Crippen molar-refractivity contribution >= 4 is 34.1 Å². The Morgan fingerprint density at radius 2 is 1.80 bits per heavy atom. The van der Waals surface area contributed by atoms with Crippen LogP contribution in [0.25, 0.3) is 0 Å². The Bertz CT molecular complexity index is 1150. The average Bonchev–Trinajstić information content (AvgIpc) is 3.30. The molecule has 2 aliphatic carbocycles. The molecule has 2 heterocycles. The number of rotatable bonds is 7. The van der Waals surface area contributed by atoms with Crippen molar-refractivity contribution in [3.8, 4) is 0 Å². The van der Waals surface area contributed by atoms with E-state index in [2.05, 4.69) is 10.3 Å². The molecule has 0 atom stereocenters. The van der Waals surface area contributed by atoms with Gasteiger partial charge in [-0.15, -0.1) is 11.3 Å². The van der Waals surface area contributed by atoms with Crippen LogP contribution in [0, 0.1) is 5.92 Å². The monoisotopic (exact) mass is 499 g/mol. The van der Waals surface area contributed by atoms with Crippen molar-refractivity contribution in [3.63, 3.8) is 0 Å². The van der Waals surface area contributed by atoms with Crippen LogP contribution in [0.1, 0.15) is 96.8 Å². The van der Waals surface area contributed by atoms with Gasteiger partial charge in [0, 0.05) is 17.6 Å². The number of thiazole rings is 1. The number of fused-ring (bicyclic) bond motifs is 1. The van der Waals surface area contributed by atoms with Crippen LogP contribution in [0.2, 0.25) is 0 Å². The first-order chi connectivity index (χ1) is 17.0. The fourth-order valence-electron chi connectivity index (χ4n) is 5.12. The molecule has 2 aliphatic rings. The summed E-state index contributed by atoms with van der Waals surface area (Å²) in [5.41, 5.74) is 1.94. The number of aryl methyl sites for hydroxylation is 1. The van der Waals surface area contributed by atoms with E-state index in [0.717, 1.165) is 74.0 Å². The van der Waals surface area contributed by atoms with Gasteiger partial charge in [-0.3, -0.25) is 19.7 Å². The molecule has 0 saturated heterocycles. The summed E-state index contributed by atoms with van der Waals surface area (Å²) in [5, 5.41) is 4.22. The lowest BCUT2D eigenvalue weighted by atomic mass is 9.88. The predicted molar refractivity (Wildman–Crippen MR) is 134 cm³/mol. The first kappa shape index (κ1) is 25.3. The molecular weight excluding hydrogens is 466 g/mol. The second-order valence-corrected chi connectivity index (χ2v) is 10.3. The zero-order valence-electron chi connectivity index (χ0n) is 20.3. The number of nitrogens with one attached hydrogen (secondary N) is 1. The quantitative estimate of drug-likeness (QED) is 0.340. The van der Waals surface area contributed by atoms with Gasteiger partial charge in [-0.1, -0.05) is 32.1 Å². The molecule has 0 radical (unpaired) electrons. The molecule has 35 heavy (non-hydrogen) atoms. The maximum Gasteiger partial charge on any atom is 0.381 e. The lowest BCUT2D eigenvalue weighted by Gasteiger charge is -2.26. The lowest BCUT2D eigenvalue weighted by molar-refractivity contribution is -0.137. The molecule has 1 saturated carbocycles. The van der Waals surface area contributed by atoms with Crippen LogP contribution in [0.3, 0.4) is 0 Å². The summed E-state index contributed by atoms with van der Waals surface area (Å²) in [7, 11) is 0. The van der Waals surface area contributed by atoms with E-state index < -0.39 is 17.7 Å². The topological polar surface area (TPSA) is 107 Å². The molecular formula is C26H33N3O5S. The molecule has 0 aromatic carbocycles. The molecule has 0 bridgehead atoms. The highest BCUT2D eigenvalue weighted by atomic mass is 32.1. The van der Waals surface area contributed by atoms with Crippen LogP contribution in [-0.4, -0.2) is 33.8 Å². The third kappa shape index (κ3) is 6.07. The van der Waals surface area contributed by atoms with Gasteiger partial charge in [-0.2, -0.15) is 0 Å². The van der Waals surface area contributed by atoms with Gasteiger partial charge in [0.2, 0.25) is 0 Å². The van der Waals surface area contributed by atoms with E-state index in [9.17, 15) is 19.2 Å². The Morgan fingerprint density at radius 3 is 2.54 bits per heavy atom. The van der Waals surface area contributed by atoms with Gasteiger partial charge in [0.1, 0.15) is 11.3 Å². The summed E-state index contributed by atoms with van der Waals surface area (Å²) in [6, 6.07) is 1.76. The minimum atomic E-state index is -0.983. The number of hydrogen-bond donors (Lipinski definition) is 1. The minimum absolute atomic E-state index is 0.0864. The first-order valence-electron chi connectivity index (χ1n) is 12.7. The molecule has 1 fully saturated rings. The maximum atomic E-state index is 13.6. The molecule has 0 spiro atoms. The summed E-state index contributed by atoms with van der Waals surface area (Å²) in [6.07, 6.45) is 12.0. The number of Topliss-reactive ketones (excluding diaryl/α,β-unsaturated/α-hetero) is 1. The number of carbonyl (C=O) groups is 3. The third-order valence-electron chi connectivity index (χ3n) is 6.93. The van der Waals surface area contributed by atoms with Gasteiger partial charge >= 0.3 is 5.97 Å². The average molecular weight is 500 g/mol. The highest BCUT2D eigenvalue weighted by molar-refractivity contribution is 7.14. The molecule has 2 aromatic rings. The summed E-state index contributed by atoms with van der Waals surface area (Å²) in [6.45, 7) is 2.36. The Morgan fingerprint density at radius 1 is 1.09 bits per heavy atom. The number of pyridine rings is 1. The highest BCUT2D eigenvalue weighted by Gasteiger charge is 2.25. The van der Waals surface area contributed by atoms with E-state index in [1.807, 2.05) is 4.57 Å². The van der Waals surface area contributed by atoms with Gasteiger partial charge < -0.3 is 9.30 Å². The summed E-state index contributed by atoms with van der Waals surface area (Å²) in [4.78, 5) is 54.7. The molecule has 1 N–H and O–H groups in total. The standard InChI is InChI=1S/C26H33N3O5S/c1-2-34-25(33)22(30)20-16-35-26(27-20)28-23(31)19-14-18-12-8-3-4-9-13-21(18)29(24(19)32)15-17-10-6-5-7-11-17/h14,16-17H,2-13,15H2,1H3,(H,27,28,31). The fourth-order valence-corrected chi connectivity index (χ4v) is 5.80. The minimum Gasteiger partial charge on any atom is -0.460 e. The molecule has 4 rings (SSSR count). The van der Waals surface area contributed by atoms with E-state index in [1.165, 1.54) is 24.6 Å². The van der Waals surface area contributed by atoms with Gasteiger partial charge in [0.25, 0.3) is 17.2 Å². The van der Waals surface area contributed by atoms with Gasteiger partial charge in [0.05, 0.1) is 6.61 Å². The molecule has 2 aromatic heterocycles. The van der Waals surface area contributed by atoms with Crippen LogP contribution in [0.15, 0.2) is 16.2 Å². The van der Waals surface area contributed by atoms with Gasteiger partial charge in [-0.25, -0.2) is 9.78 Å². The number of hydrogen-bond acceptors (Lipinski definition) is 7. The number of ketones is 1.